The van der Waals surface area contributed by atoms with Crippen LogP contribution in [0.4, 0.5) is 11.6 Å². The highest BCUT2D eigenvalue weighted by molar-refractivity contribution is 7.92. The van der Waals surface area contributed by atoms with Crippen LogP contribution < -0.4 is 14.4 Å². The lowest BCUT2D eigenvalue weighted by Crippen LogP contribution is -2.36. The van der Waals surface area contributed by atoms with Crippen LogP contribution in [0.15, 0.2) is 59.8 Å². The van der Waals surface area contributed by atoms with E-state index in [9.17, 15) is 8.42 Å². The van der Waals surface area contributed by atoms with Gasteiger partial charge in [0.2, 0.25) is 11.8 Å². The molecule has 0 radical (unpaired) electrons. The lowest BCUT2D eigenvalue weighted by Gasteiger charge is -2.33. The Kier molecular flexibility index (Phi) is 10.5. The molecule has 6 rings (SSSR count). The topological polar surface area (TPSA) is 119 Å². The molecule has 0 spiro atoms. The molecule has 4 heterocycles. The van der Waals surface area contributed by atoms with E-state index in [2.05, 4.69) is 74.3 Å². The molecule has 2 aliphatic rings. The molecular weight excluding hydrogens is 649 g/mol. The molecule has 2 aliphatic heterocycles. The zero-order valence-electron chi connectivity index (χ0n) is 30.4. The van der Waals surface area contributed by atoms with Crippen molar-refractivity contribution < 1.29 is 17.9 Å². The van der Waals surface area contributed by atoms with Crippen molar-refractivity contribution in [3.8, 4) is 17.1 Å². The SMILES string of the molecule is Cc1cccc(CC(C)C)c1-c1nc2nc(c1C)OC[C@@H](CC(C)(C)C)C(Cc1ncc(N3CCOCC3)cn1)c1cccc(c1)S(=O)(=O)N2. The first-order valence-corrected chi connectivity index (χ1v) is 19.1. The van der Waals surface area contributed by atoms with E-state index in [1.54, 1.807) is 18.2 Å². The third-order valence-corrected chi connectivity index (χ3v) is 10.8. The highest BCUT2D eigenvalue weighted by Gasteiger charge is 2.32. The van der Waals surface area contributed by atoms with Crippen LogP contribution in [0.25, 0.3) is 11.3 Å². The smallest absolute Gasteiger partial charge is 0.264 e. The summed E-state index contributed by atoms with van der Waals surface area (Å²) in [6.45, 7) is 18.4. The van der Waals surface area contributed by atoms with Gasteiger partial charge in [0.1, 0.15) is 5.82 Å². The van der Waals surface area contributed by atoms with Crippen molar-refractivity contribution in [3.63, 3.8) is 0 Å². The van der Waals surface area contributed by atoms with Gasteiger partial charge in [-0.1, -0.05) is 65.0 Å². The number of benzene rings is 2. The highest BCUT2D eigenvalue weighted by Crippen LogP contribution is 2.40. The Morgan fingerprint density at radius 1 is 1.00 bits per heavy atom. The van der Waals surface area contributed by atoms with Crippen molar-refractivity contribution in [2.24, 2.45) is 17.3 Å². The number of sulfonamides is 1. The van der Waals surface area contributed by atoms with Gasteiger partial charge in [-0.05, 0) is 72.8 Å². The summed E-state index contributed by atoms with van der Waals surface area (Å²) in [7, 11) is -4.04. The molecule has 2 atom stereocenters. The van der Waals surface area contributed by atoms with Crippen molar-refractivity contribution in [3.05, 3.63) is 82.9 Å². The molecule has 2 aromatic carbocycles. The number of hydrogen-bond donors (Lipinski definition) is 1. The average molecular weight is 699 g/mol. The van der Waals surface area contributed by atoms with Crippen LogP contribution in [-0.2, 0) is 27.6 Å². The van der Waals surface area contributed by atoms with Gasteiger partial charge in [0, 0.05) is 36.6 Å². The van der Waals surface area contributed by atoms with Gasteiger partial charge in [-0.3, -0.25) is 0 Å². The van der Waals surface area contributed by atoms with E-state index in [1.165, 1.54) is 0 Å². The largest absolute Gasteiger partial charge is 0.477 e. The molecule has 10 nitrogen and oxygen atoms in total. The number of ether oxygens (including phenoxy) is 2. The maximum absolute atomic E-state index is 14.0. The van der Waals surface area contributed by atoms with E-state index in [-0.39, 0.29) is 28.1 Å². The summed E-state index contributed by atoms with van der Waals surface area (Å²) in [4.78, 5) is 21.5. The van der Waals surface area contributed by atoms with Crippen LogP contribution in [0.3, 0.4) is 0 Å². The van der Waals surface area contributed by atoms with E-state index in [0.717, 1.165) is 59.4 Å². The maximum atomic E-state index is 14.0. The molecule has 4 bridgehead atoms. The van der Waals surface area contributed by atoms with Gasteiger partial charge in [-0.25, -0.2) is 28.1 Å². The Hall–Kier alpha value is -4.09. The van der Waals surface area contributed by atoms with Crippen LogP contribution >= 0.6 is 0 Å². The molecule has 0 saturated carbocycles. The van der Waals surface area contributed by atoms with Crippen LogP contribution in [0.2, 0.25) is 0 Å². The molecule has 0 aliphatic carbocycles. The van der Waals surface area contributed by atoms with E-state index < -0.39 is 10.0 Å². The monoisotopic (exact) mass is 698 g/mol. The summed E-state index contributed by atoms with van der Waals surface area (Å²) in [5, 5.41) is 0. The summed E-state index contributed by atoms with van der Waals surface area (Å²) in [6.07, 6.45) is 5.96. The minimum atomic E-state index is -4.04. The van der Waals surface area contributed by atoms with E-state index in [4.69, 9.17) is 24.4 Å². The second kappa shape index (κ2) is 14.6. The van der Waals surface area contributed by atoms with Gasteiger partial charge in [0.15, 0.2) is 0 Å². The van der Waals surface area contributed by atoms with Crippen molar-refractivity contribution in [1.82, 2.24) is 19.9 Å². The molecule has 1 saturated heterocycles. The summed E-state index contributed by atoms with van der Waals surface area (Å²) in [6, 6.07) is 13.4. The number of morpholine rings is 1. The summed E-state index contributed by atoms with van der Waals surface area (Å²) in [5.41, 5.74) is 6.47. The maximum Gasteiger partial charge on any atom is 0.264 e. The van der Waals surface area contributed by atoms with Gasteiger partial charge in [-0.15, -0.1) is 0 Å². The molecule has 1 fully saturated rings. The second-order valence-corrected chi connectivity index (χ2v) is 17.0. The third kappa shape index (κ3) is 8.26. The predicted molar refractivity (Wildman–Crippen MR) is 197 cm³/mol. The van der Waals surface area contributed by atoms with Crippen molar-refractivity contribution in [2.75, 3.05) is 42.5 Å². The molecule has 50 heavy (non-hydrogen) atoms. The molecule has 0 amide bonds. The van der Waals surface area contributed by atoms with Gasteiger partial charge < -0.3 is 14.4 Å². The van der Waals surface area contributed by atoms with Gasteiger partial charge in [0.25, 0.3) is 10.0 Å². The lowest BCUT2D eigenvalue weighted by atomic mass is 9.75. The zero-order valence-corrected chi connectivity index (χ0v) is 31.2. The predicted octanol–water partition coefficient (Wildman–Crippen LogP) is 7.16. The number of rotatable bonds is 7. The summed E-state index contributed by atoms with van der Waals surface area (Å²) in [5.74, 6) is 1.34. The summed E-state index contributed by atoms with van der Waals surface area (Å²) < 4.78 is 42.9. The second-order valence-electron chi connectivity index (χ2n) is 15.3. The van der Waals surface area contributed by atoms with E-state index in [0.29, 0.717) is 49.6 Å². The zero-order chi connectivity index (χ0) is 35.6. The Morgan fingerprint density at radius 2 is 1.72 bits per heavy atom. The number of fused-ring (bicyclic) bond motifs is 4. The normalized spacial score (nSPS) is 19.2. The molecule has 266 valence electrons. The fourth-order valence-corrected chi connectivity index (χ4v) is 8.17. The standard InChI is InChI=1S/C39H50N6O4S/c1-25(2)18-29-12-8-10-26(3)35(29)36-27(4)37-43-38(42-36)44-50(46,47)32-13-9-11-28(19-32)33(30(24-49-37)21-39(5,6)7)20-34-40-22-31(23-41-34)45-14-16-48-17-15-45/h8-13,19,22-23,25,30,33H,14-18,20-21,24H2,1-7H3,(H,42,43,44)/t30-,33?/m1/s1. The van der Waals surface area contributed by atoms with Gasteiger partial charge in [0.05, 0.1) is 48.5 Å². The number of aromatic nitrogens is 4. The highest BCUT2D eigenvalue weighted by atomic mass is 32.2. The number of anilines is 2. The third-order valence-electron chi connectivity index (χ3n) is 9.50. The first-order valence-electron chi connectivity index (χ1n) is 17.6. The van der Waals surface area contributed by atoms with Crippen molar-refractivity contribution in [2.45, 2.75) is 78.5 Å². The van der Waals surface area contributed by atoms with E-state index in [1.807, 2.05) is 25.4 Å². The quantitative estimate of drug-likeness (QED) is 0.215. The number of nitrogens with zero attached hydrogens (tertiary/aromatic N) is 5. The van der Waals surface area contributed by atoms with Crippen LogP contribution in [0.1, 0.15) is 75.0 Å². The van der Waals surface area contributed by atoms with E-state index >= 15 is 0 Å². The fourth-order valence-electron chi connectivity index (χ4n) is 7.18. The summed E-state index contributed by atoms with van der Waals surface area (Å²) >= 11 is 0. The fraction of sp³-hybridized carbons (Fsp3) is 0.487. The van der Waals surface area contributed by atoms with Gasteiger partial charge >= 0.3 is 0 Å². The van der Waals surface area contributed by atoms with Crippen LogP contribution in [0, 0.1) is 31.1 Å². The number of aryl methyl sites for hydroxylation is 1. The number of nitrogens with one attached hydrogen (secondary N) is 1. The van der Waals surface area contributed by atoms with Crippen molar-refractivity contribution >= 4 is 21.7 Å². The molecule has 1 unspecified atom stereocenters. The first kappa shape index (κ1) is 35.7. The minimum Gasteiger partial charge on any atom is -0.477 e. The molecule has 4 aromatic rings. The van der Waals surface area contributed by atoms with Crippen LogP contribution in [0.5, 0.6) is 5.88 Å². The average Bonchev–Trinajstić information content (AvgIpc) is 3.06. The Bertz CT molecular complexity index is 1920. The molecular formula is C39H50N6O4S. The molecule has 11 heteroatoms. The van der Waals surface area contributed by atoms with Gasteiger partial charge in [-0.2, -0.15) is 4.98 Å². The minimum absolute atomic E-state index is 0.0111. The van der Waals surface area contributed by atoms with Crippen molar-refractivity contribution in [1.29, 1.82) is 0 Å². The molecule has 1 N–H and O–H groups in total. The van der Waals surface area contributed by atoms with Crippen LogP contribution in [-0.4, -0.2) is 61.3 Å². The lowest BCUT2D eigenvalue weighted by molar-refractivity contribution is 0.122. The first-order chi connectivity index (χ1) is 23.8. The Balaban J connectivity index is 1.45. The Morgan fingerprint density at radius 3 is 2.42 bits per heavy atom. The number of hydrogen-bond acceptors (Lipinski definition) is 9. The Labute approximate surface area is 297 Å². The molecule has 2 aromatic heterocycles.